The first-order chi connectivity index (χ1) is 16.2. The first-order valence-corrected chi connectivity index (χ1v) is 12.6. The van der Waals surface area contributed by atoms with E-state index in [-0.39, 0.29) is 11.6 Å². The van der Waals surface area contributed by atoms with Crippen molar-refractivity contribution in [3.63, 3.8) is 0 Å². The molecule has 0 radical (unpaired) electrons. The van der Waals surface area contributed by atoms with Gasteiger partial charge in [-0.1, -0.05) is 113 Å². The molecule has 0 amide bonds. The Bertz CT molecular complexity index is 1110. The summed E-state index contributed by atoms with van der Waals surface area (Å²) in [5.41, 5.74) is 5.80. The van der Waals surface area contributed by atoms with Crippen molar-refractivity contribution < 1.29 is 9.59 Å². The molecular formula is C31H34O2. The lowest BCUT2D eigenvalue weighted by atomic mass is 9.98. The van der Waals surface area contributed by atoms with E-state index in [1.807, 2.05) is 42.5 Å². The van der Waals surface area contributed by atoms with E-state index in [4.69, 9.17) is 0 Å². The van der Waals surface area contributed by atoms with Crippen LogP contribution in [0.1, 0.15) is 102 Å². The maximum absolute atomic E-state index is 13.2. The van der Waals surface area contributed by atoms with Crippen LogP contribution in [0.5, 0.6) is 0 Å². The molecule has 0 bridgehead atoms. The highest BCUT2D eigenvalue weighted by Crippen LogP contribution is 2.38. The number of hydrogen-bond donors (Lipinski definition) is 0. The molecule has 2 heteroatoms. The predicted octanol–water partition coefficient (Wildman–Crippen LogP) is 8.20. The van der Waals surface area contributed by atoms with Crippen LogP contribution in [0.4, 0.5) is 0 Å². The van der Waals surface area contributed by atoms with Crippen LogP contribution in [0, 0.1) is 0 Å². The molecule has 0 saturated heterocycles. The highest BCUT2D eigenvalue weighted by atomic mass is 16.1. The van der Waals surface area contributed by atoms with Crippen LogP contribution in [-0.2, 0) is 6.42 Å². The highest BCUT2D eigenvalue weighted by molar-refractivity contribution is 6.23. The molecule has 0 saturated carbocycles. The zero-order chi connectivity index (χ0) is 23.0. The van der Waals surface area contributed by atoms with Gasteiger partial charge in [-0.2, -0.15) is 0 Å². The van der Waals surface area contributed by atoms with Crippen LogP contribution in [0.25, 0.3) is 11.1 Å². The zero-order valence-corrected chi connectivity index (χ0v) is 19.7. The molecule has 4 rings (SSSR count). The lowest BCUT2D eigenvalue weighted by molar-refractivity contribution is 0.103. The molecule has 0 heterocycles. The minimum absolute atomic E-state index is 0.0386. The summed E-state index contributed by atoms with van der Waals surface area (Å²) in [4.78, 5) is 26.0. The normalized spacial score (nSPS) is 12.0. The first kappa shape index (κ1) is 23.2. The number of fused-ring (bicyclic) bond motifs is 3. The second kappa shape index (κ2) is 11.2. The quantitative estimate of drug-likeness (QED) is 0.165. The van der Waals surface area contributed by atoms with E-state index in [1.54, 1.807) is 6.07 Å². The summed E-state index contributed by atoms with van der Waals surface area (Å²) in [6, 6.07) is 21.1. The average Bonchev–Trinajstić information content (AvgIpc) is 3.14. The lowest BCUT2D eigenvalue weighted by Crippen LogP contribution is -2.03. The molecule has 0 unspecified atom stereocenters. The Kier molecular flexibility index (Phi) is 7.88. The molecule has 2 nitrogen and oxygen atoms in total. The van der Waals surface area contributed by atoms with Gasteiger partial charge in [-0.3, -0.25) is 9.59 Å². The van der Waals surface area contributed by atoms with Gasteiger partial charge in [0.25, 0.3) is 0 Å². The predicted molar refractivity (Wildman–Crippen MR) is 136 cm³/mol. The largest absolute Gasteiger partial charge is 0.289 e. The van der Waals surface area contributed by atoms with E-state index in [2.05, 4.69) is 25.1 Å². The standard InChI is InChI=1S/C31H34O2/c1-2-3-4-5-6-7-8-9-11-14-23-17-19-26-27-20-18-25(22-29(27)31(33)28(26)21-23)30(32)24-15-12-10-13-16-24/h10,12-13,15-22H,2-9,11,14H2,1H3. The number of carbonyl (C=O) groups excluding carboxylic acids is 2. The Morgan fingerprint density at radius 1 is 0.606 bits per heavy atom. The summed E-state index contributed by atoms with van der Waals surface area (Å²) in [6.07, 6.45) is 12.9. The van der Waals surface area contributed by atoms with Crippen molar-refractivity contribution in [1.82, 2.24) is 0 Å². The molecule has 1 aliphatic rings. The molecule has 3 aromatic rings. The van der Waals surface area contributed by atoms with Crippen molar-refractivity contribution in [3.05, 3.63) is 94.5 Å². The average molecular weight is 439 g/mol. The monoisotopic (exact) mass is 438 g/mol. The van der Waals surface area contributed by atoms with Gasteiger partial charge < -0.3 is 0 Å². The first-order valence-electron chi connectivity index (χ1n) is 12.6. The molecule has 0 atom stereocenters. The number of rotatable bonds is 12. The maximum atomic E-state index is 13.2. The van der Waals surface area contributed by atoms with Gasteiger partial charge in [0.15, 0.2) is 11.6 Å². The summed E-state index contributed by atoms with van der Waals surface area (Å²) in [5.74, 6) is -0.00940. The van der Waals surface area contributed by atoms with E-state index < -0.39 is 0 Å². The molecule has 0 N–H and O–H groups in total. The van der Waals surface area contributed by atoms with Gasteiger partial charge in [0.1, 0.15) is 0 Å². The fraction of sp³-hybridized carbons (Fsp3) is 0.355. The Morgan fingerprint density at radius 3 is 1.91 bits per heavy atom. The second-order valence-electron chi connectivity index (χ2n) is 9.24. The number of ketones is 2. The van der Waals surface area contributed by atoms with Crippen molar-refractivity contribution in [2.45, 2.75) is 71.1 Å². The van der Waals surface area contributed by atoms with E-state index in [1.165, 1.54) is 63.4 Å². The summed E-state index contributed by atoms with van der Waals surface area (Å²) in [6.45, 7) is 2.26. The fourth-order valence-electron chi connectivity index (χ4n) is 4.82. The minimum Gasteiger partial charge on any atom is -0.289 e. The third-order valence-corrected chi connectivity index (χ3v) is 6.75. The van der Waals surface area contributed by atoms with Crippen LogP contribution in [0.2, 0.25) is 0 Å². The molecular weight excluding hydrogens is 404 g/mol. The maximum Gasteiger partial charge on any atom is 0.194 e. The smallest absolute Gasteiger partial charge is 0.194 e. The van der Waals surface area contributed by atoms with Crippen molar-refractivity contribution in [1.29, 1.82) is 0 Å². The van der Waals surface area contributed by atoms with Gasteiger partial charge in [-0.25, -0.2) is 0 Å². The molecule has 0 aromatic heterocycles. The second-order valence-corrected chi connectivity index (χ2v) is 9.24. The van der Waals surface area contributed by atoms with Crippen LogP contribution in [0.15, 0.2) is 66.7 Å². The Morgan fingerprint density at radius 2 is 1.21 bits per heavy atom. The van der Waals surface area contributed by atoms with Crippen LogP contribution in [-0.4, -0.2) is 11.6 Å². The molecule has 0 spiro atoms. The van der Waals surface area contributed by atoms with E-state index >= 15 is 0 Å². The Labute approximate surface area is 198 Å². The molecule has 33 heavy (non-hydrogen) atoms. The third kappa shape index (κ3) is 5.50. The van der Waals surface area contributed by atoms with E-state index in [9.17, 15) is 9.59 Å². The minimum atomic E-state index is -0.0480. The summed E-state index contributed by atoms with van der Waals surface area (Å²) < 4.78 is 0. The van der Waals surface area contributed by atoms with Crippen LogP contribution < -0.4 is 0 Å². The SMILES string of the molecule is CCCCCCCCCCCc1ccc2c(c1)C(=O)c1cc(C(=O)c3ccccc3)ccc1-2. The summed E-state index contributed by atoms with van der Waals surface area (Å²) in [5, 5.41) is 0. The van der Waals surface area contributed by atoms with Gasteiger partial charge in [-0.15, -0.1) is 0 Å². The van der Waals surface area contributed by atoms with Crippen molar-refractivity contribution in [2.75, 3.05) is 0 Å². The molecule has 170 valence electrons. The van der Waals surface area contributed by atoms with Crippen LogP contribution in [0.3, 0.4) is 0 Å². The topological polar surface area (TPSA) is 34.1 Å². The lowest BCUT2D eigenvalue weighted by Gasteiger charge is -2.06. The third-order valence-electron chi connectivity index (χ3n) is 6.75. The Balaban J connectivity index is 1.35. The van der Waals surface area contributed by atoms with Crippen molar-refractivity contribution >= 4 is 11.6 Å². The summed E-state index contributed by atoms with van der Waals surface area (Å²) in [7, 11) is 0. The Hall–Kier alpha value is -3.00. The van der Waals surface area contributed by atoms with Crippen molar-refractivity contribution in [3.8, 4) is 11.1 Å². The van der Waals surface area contributed by atoms with Crippen LogP contribution >= 0.6 is 0 Å². The zero-order valence-electron chi connectivity index (χ0n) is 19.7. The molecule has 0 aliphatic heterocycles. The van der Waals surface area contributed by atoms with Gasteiger partial charge in [0.2, 0.25) is 0 Å². The molecule has 3 aromatic carbocycles. The van der Waals surface area contributed by atoms with Crippen molar-refractivity contribution in [2.24, 2.45) is 0 Å². The number of aryl methyl sites for hydroxylation is 1. The summed E-state index contributed by atoms with van der Waals surface area (Å²) >= 11 is 0. The number of unbranched alkanes of at least 4 members (excludes halogenated alkanes) is 8. The van der Waals surface area contributed by atoms with Gasteiger partial charge in [0.05, 0.1) is 0 Å². The number of hydrogen-bond acceptors (Lipinski definition) is 2. The molecule has 0 fully saturated rings. The highest BCUT2D eigenvalue weighted by Gasteiger charge is 2.28. The number of benzene rings is 3. The fourth-order valence-corrected chi connectivity index (χ4v) is 4.82. The van der Waals surface area contributed by atoms with Gasteiger partial charge in [-0.05, 0) is 41.7 Å². The number of carbonyl (C=O) groups is 2. The molecule has 1 aliphatic carbocycles. The van der Waals surface area contributed by atoms with E-state index in [0.717, 1.165) is 23.1 Å². The van der Waals surface area contributed by atoms with Gasteiger partial charge >= 0.3 is 0 Å². The van der Waals surface area contributed by atoms with Gasteiger partial charge in [0, 0.05) is 22.3 Å². The van der Waals surface area contributed by atoms with E-state index in [0.29, 0.717) is 16.7 Å².